The second-order valence-corrected chi connectivity index (χ2v) is 6.00. The standard InChI is InChI=1S/C15H18N6O3/c1-15(2,3)24-14(22)17-11(9-10-7-5-4-6-8-10)12-18-19-13(23-12)20-21-16/h4-8,11H,9H2,1-3H3,(H,17,22). The van der Waals surface area contributed by atoms with Crippen LogP contribution in [0, 0.1) is 0 Å². The van der Waals surface area contributed by atoms with Gasteiger partial charge < -0.3 is 14.5 Å². The number of benzene rings is 1. The molecule has 0 aliphatic rings. The first kappa shape index (κ1) is 17.3. The van der Waals surface area contributed by atoms with E-state index in [0.29, 0.717) is 6.42 Å². The molecule has 1 aromatic carbocycles. The van der Waals surface area contributed by atoms with Gasteiger partial charge in [0.1, 0.15) is 11.6 Å². The topological polar surface area (TPSA) is 126 Å². The normalized spacial score (nSPS) is 12.1. The molecular weight excluding hydrogens is 312 g/mol. The van der Waals surface area contributed by atoms with Crippen molar-refractivity contribution < 1.29 is 13.9 Å². The molecule has 1 amide bonds. The van der Waals surface area contributed by atoms with Gasteiger partial charge in [0.2, 0.25) is 5.89 Å². The van der Waals surface area contributed by atoms with Gasteiger partial charge in [0.05, 0.1) is 0 Å². The van der Waals surface area contributed by atoms with E-state index in [1.54, 1.807) is 20.8 Å². The van der Waals surface area contributed by atoms with Crippen LogP contribution in [0.5, 0.6) is 0 Å². The maximum atomic E-state index is 12.1. The molecule has 9 heteroatoms. The van der Waals surface area contributed by atoms with Crippen LogP contribution in [0.15, 0.2) is 39.9 Å². The molecule has 24 heavy (non-hydrogen) atoms. The second-order valence-electron chi connectivity index (χ2n) is 6.00. The Kier molecular flexibility index (Phi) is 5.39. The van der Waals surface area contributed by atoms with Gasteiger partial charge in [-0.3, -0.25) is 0 Å². The summed E-state index contributed by atoms with van der Waals surface area (Å²) in [6.45, 7) is 5.31. The zero-order valence-electron chi connectivity index (χ0n) is 13.6. The third-order valence-electron chi connectivity index (χ3n) is 2.83. The number of azide groups is 1. The molecule has 1 N–H and O–H groups in total. The lowest BCUT2D eigenvalue weighted by atomic mass is 10.1. The summed E-state index contributed by atoms with van der Waals surface area (Å²) < 4.78 is 10.5. The van der Waals surface area contributed by atoms with Gasteiger partial charge in [-0.15, -0.1) is 10.2 Å². The molecule has 0 aliphatic carbocycles. The fourth-order valence-corrected chi connectivity index (χ4v) is 1.95. The monoisotopic (exact) mass is 330 g/mol. The van der Waals surface area contributed by atoms with E-state index in [9.17, 15) is 4.79 Å². The van der Waals surface area contributed by atoms with Gasteiger partial charge in [-0.1, -0.05) is 30.3 Å². The smallest absolute Gasteiger partial charge is 0.408 e. The Morgan fingerprint density at radius 1 is 1.38 bits per heavy atom. The van der Waals surface area contributed by atoms with Crippen LogP contribution in [0.2, 0.25) is 0 Å². The van der Waals surface area contributed by atoms with Crippen LogP contribution in [0.1, 0.15) is 38.3 Å². The lowest BCUT2D eigenvalue weighted by Gasteiger charge is -2.22. The van der Waals surface area contributed by atoms with Gasteiger partial charge >= 0.3 is 12.1 Å². The first-order valence-electron chi connectivity index (χ1n) is 7.29. The van der Waals surface area contributed by atoms with E-state index in [0.717, 1.165) is 5.56 Å². The number of nitrogens with one attached hydrogen (secondary N) is 1. The van der Waals surface area contributed by atoms with Crippen LogP contribution in [-0.2, 0) is 11.2 Å². The molecule has 2 rings (SSSR count). The summed E-state index contributed by atoms with van der Waals surface area (Å²) in [5.74, 6) is 0.132. The molecule has 126 valence electrons. The molecule has 0 saturated carbocycles. The molecule has 0 radical (unpaired) electrons. The maximum absolute atomic E-state index is 12.1. The molecule has 0 spiro atoms. The molecule has 1 heterocycles. The zero-order chi connectivity index (χ0) is 17.6. The Balaban J connectivity index is 2.20. The van der Waals surface area contributed by atoms with Crippen molar-refractivity contribution in [3.05, 3.63) is 52.2 Å². The first-order valence-corrected chi connectivity index (χ1v) is 7.29. The predicted octanol–water partition coefficient (Wildman–Crippen LogP) is 3.82. The number of hydrogen-bond donors (Lipinski definition) is 1. The van der Waals surface area contributed by atoms with Crippen molar-refractivity contribution in [2.75, 3.05) is 0 Å². The van der Waals surface area contributed by atoms with Crippen molar-refractivity contribution in [3.63, 3.8) is 0 Å². The van der Waals surface area contributed by atoms with Gasteiger partial charge in [0.25, 0.3) is 0 Å². The van der Waals surface area contributed by atoms with Gasteiger partial charge in [-0.05, 0) is 31.9 Å². The predicted molar refractivity (Wildman–Crippen MR) is 85.4 cm³/mol. The Morgan fingerprint density at radius 2 is 2.08 bits per heavy atom. The highest BCUT2D eigenvalue weighted by atomic mass is 16.6. The first-order chi connectivity index (χ1) is 11.4. The molecule has 1 atom stereocenters. The molecule has 0 aliphatic heterocycles. The van der Waals surface area contributed by atoms with E-state index < -0.39 is 17.7 Å². The van der Waals surface area contributed by atoms with Crippen LogP contribution < -0.4 is 5.32 Å². The average molecular weight is 330 g/mol. The number of nitrogens with zero attached hydrogens (tertiary/aromatic N) is 5. The average Bonchev–Trinajstić information content (AvgIpc) is 2.95. The summed E-state index contributed by atoms with van der Waals surface area (Å²) in [5, 5.41) is 13.4. The number of ether oxygens (including phenoxy) is 1. The van der Waals surface area contributed by atoms with Gasteiger partial charge in [0, 0.05) is 16.4 Å². The minimum absolute atomic E-state index is 0.132. The van der Waals surface area contributed by atoms with Gasteiger partial charge in [-0.25, -0.2) is 4.79 Å². The van der Waals surface area contributed by atoms with Crippen LogP contribution in [0.25, 0.3) is 10.4 Å². The SMILES string of the molecule is CC(C)(C)OC(=O)NC(Cc1ccccc1)c1nnc(N=[N+]=[N-])o1. The highest BCUT2D eigenvalue weighted by Gasteiger charge is 2.24. The van der Waals surface area contributed by atoms with Crippen LogP contribution >= 0.6 is 0 Å². The summed E-state index contributed by atoms with van der Waals surface area (Å²) in [7, 11) is 0. The Bertz CT molecular complexity index is 731. The van der Waals surface area contributed by atoms with Crippen LogP contribution in [0.4, 0.5) is 10.8 Å². The fourth-order valence-electron chi connectivity index (χ4n) is 1.95. The zero-order valence-corrected chi connectivity index (χ0v) is 13.6. The van der Waals surface area contributed by atoms with Gasteiger partial charge in [0.15, 0.2) is 0 Å². The Morgan fingerprint density at radius 3 is 2.71 bits per heavy atom. The molecule has 0 bridgehead atoms. The maximum Gasteiger partial charge on any atom is 0.408 e. The third kappa shape index (κ3) is 5.29. The van der Waals surface area contributed by atoms with Crippen LogP contribution in [-0.4, -0.2) is 21.9 Å². The minimum atomic E-state index is -0.632. The summed E-state index contributed by atoms with van der Waals surface area (Å²) in [6, 6.07) is 8.67. The number of carbonyl (C=O) groups excluding carboxylic acids is 1. The Hall–Kier alpha value is -3.06. The molecule has 1 unspecified atom stereocenters. The van der Waals surface area contributed by atoms with Gasteiger partial charge in [-0.2, -0.15) is 0 Å². The van der Waals surface area contributed by atoms with E-state index in [4.69, 9.17) is 14.7 Å². The Labute approximate surface area is 138 Å². The van der Waals surface area contributed by atoms with E-state index >= 15 is 0 Å². The quantitative estimate of drug-likeness (QED) is 0.506. The number of alkyl carbamates (subject to hydrolysis) is 1. The summed E-state index contributed by atoms with van der Waals surface area (Å²) >= 11 is 0. The van der Waals surface area contributed by atoms with E-state index in [1.807, 2.05) is 30.3 Å². The lowest BCUT2D eigenvalue weighted by molar-refractivity contribution is 0.0495. The largest absolute Gasteiger partial charge is 0.444 e. The minimum Gasteiger partial charge on any atom is -0.444 e. The molecule has 0 saturated heterocycles. The van der Waals surface area contributed by atoms with E-state index in [2.05, 4.69) is 25.5 Å². The van der Waals surface area contributed by atoms with Crippen LogP contribution in [0.3, 0.4) is 0 Å². The molecule has 1 aromatic heterocycles. The summed E-state index contributed by atoms with van der Waals surface area (Å²) in [4.78, 5) is 14.6. The number of amides is 1. The molecule has 2 aromatic rings. The fraction of sp³-hybridized carbons (Fsp3) is 0.400. The van der Waals surface area contributed by atoms with Crippen molar-refractivity contribution in [3.8, 4) is 0 Å². The van der Waals surface area contributed by atoms with Crippen molar-refractivity contribution in [2.45, 2.75) is 38.8 Å². The molecular formula is C15H18N6O3. The van der Waals surface area contributed by atoms with E-state index in [1.165, 1.54) is 0 Å². The second kappa shape index (κ2) is 7.47. The third-order valence-corrected chi connectivity index (χ3v) is 2.83. The summed E-state index contributed by atoms with van der Waals surface area (Å²) in [6.07, 6.45) is -0.190. The van der Waals surface area contributed by atoms with Crippen molar-refractivity contribution >= 4 is 12.1 Å². The lowest BCUT2D eigenvalue weighted by Crippen LogP contribution is -2.36. The highest BCUT2D eigenvalue weighted by Crippen LogP contribution is 2.21. The number of carbonyl (C=O) groups is 1. The number of hydrogen-bond acceptors (Lipinski definition) is 6. The number of aromatic nitrogens is 2. The summed E-state index contributed by atoms with van der Waals surface area (Å²) in [5.41, 5.74) is 8.74. The molecule has 9 nitrogen and oxygen atoms in total. The van der Waals surface area contributed by atoms with Crippen molar-refractivity contribution in [1.82, 2.24) is 15.5 Å². The van der Waals surface area contributed by atoms with Crippen molar-refractivity contribution in [2.24, 2.45) is 5.11 Å². The number of rotatable bonds is 5. The highest BCUT2D eigenvalue weighted by molar-refractivity contribution is 5.68. The van der Waals surface area contributed by atoms with Crippen molar-refractivity contribution in [1.29, 1.82) is 0 Å². The van der Waals surface area contributed by atoms with E-state index in [-0.39, 0.29) is 11.9 Å². The molecule has 0 fully saturated rings.